The summed E-state index contributed by atoms with van der Waals surface area (Å²) in [5.74, 6) is 0.847. The number of hydrogen-bond acceptors (Lipinski definition) is 5. The fourth-order valence-electron chi connectivity index (χ4n) is 3.84. The van der Waals surface area contributed by atoms with Gasteiger partial charge in [-0.05, 0) is 68.1 Å². The molecule has 0 saturated heterocycles. The summed E-state index contributed by atoms with van der Waals surface area (Å²) in [5.41, 5.74) is 2.96. The molecule has 7 heteroatoms. The van der Waals surface area contributed by atoms with Crippen molar-refractivity contribution < 1.29 is 13.2 Å². The van der Waals surface area contributed by atoms with Gasteiger partial charge in [0, 0.05) is 30.4 Å². The molecule has 5 nitrogen and oxygen atoms in total. The molecule has 1 aliphatic carbocycles. The summed E-state index contributed by atoms with van der Waals surface area (Å²) in [7, 11) is 0.487. The summed E-state index contributed by atoms with van der Waals surface area (Å²) in [6.07, 6.45) is 5.97. The van der Waals surface area contributed by atoms with E-state index in [1.807, 2.05) is 25.2 Å². The van der Waals surface area contributed by atoms with Gasteiger partial charge in [-0.25, -0.2) is 8.42 Å². The average Bonchev–Trinajstić information content (AvgIpc) is 2.72. The molecule has 2 N–H and O–H groups in total. The van der Waals surface area contributed by atoms with Crippen molar-refractivity contribution in [3.63, 3.8) is 0 Å². The molecule has 0 aromatic heterocycles. The number of sulfone groups is 1. The van der Waals surface area contributed by atoms with E-state index in [0.29, 0.717) is 17.0 Å². The molecule has 2 aromatic carbocycles. The van der Waals surface area contributed by atoms with Crippen LogP contribution in [0.2, 0.25) is 0 Å². The molecule has 29 heavy (non-hydrogen) atoms. The van der Waals surface area contributed by atoms with Crippen LogP contribution < -0.4 is 15.4 Å². The Morgan fingerprint density at radius 2 is 1.66 bits per heavy atom. The first kappa shape index (κ1) is 23.7. The van der Waals surface area contributed by atoms with Crippen molar-refractivity contribution >= 4 is 22.2 Å². The van der Waals surface area contributed by atoms with Gasteiger partial charge in [-0.1, -0.05) is 18.2 Å². The minimum absolute atomic E-state index is 0. The second kappa shape index (κ2) is 10.4. The van der Waals surface area contributed by atoms with Gasteiger partial charge in [0.15, 0.2) is 9.84 Å². The van der Waals surface area contributed by atoms with Gasteiger partial charge < -0.3 is 15.4 Å². The molecule has 1 fully saturated rings. The van der Waals surface area contributed by atoms with Gasteiger partial charge in [-0.15, -0.1) is 12.4 Å². The highest BCUT2D eigenvalue weighted by atomic mass is 35.5. The van der Waals surface area contributed by atoms with Crippen molar-refractivity contribution in [2.45, 2.75) is 49.2 Å². The van der Waals surface area contributed by atoms with E-state index >= 15 is 0 Å². The van der Waals surface area contributed by atoms with Crippen LogP contribution >= 0.6 is 12.4 Å². The largest absolute Gasteiger partial charge is 0.496 e. The summed E-state index contributed by atoms with van der Waals surface area (Å²) in [6.45, 7) is 0.734. The van der Waals surface area contributed by atoms with E-state index in [-0.39, 0.29) is 12.4 Å². The first-order valence-corrected chi connectivity index (χ1v) is 11.7. The number of nitrogens with one attached hydrogen (secondary N) is 2. The van der Waals surface area contributed by atoms with E-state index in [4.69, 9.17) is 4.74 Å². The second-order valence-electron chi connectivity index (χ2n) is 7.54. The summed E-state index contributed by atoms with van der Waals surface area (Å²) in [4.78, 5) is 0.335. The van der Waals surface area contributed by atoms with Gasteiger partial charge in [0.1, 0.15) is 5.75 Å². The molecule has 0 aliphatic heterocycles. The van der Waals surface area contributed by atoms with E-state index in [2.05, 4.69) is 16.7 Å². The molecule has 0 radical (unpaired) electrons. The lowest BCUT2D eigenvalue weighted by Gasteiger charge is -2.29. The van der Waals surface area contributed by atoms with Crippen molar-refractivity contribution in [2.75, 3.05) is 20.4 Å². The Balaban J connectivity index is 0.00000300. The number of ether oxygens (including phenoxy) is 1. The zero-order chi connectivity index (χ0) is 20.1. The molecule has 1 saturated carbocycles. The van der Waals surface area contributed by atoms with Gasteiger partial charge in [-0.2, -0.15) is 0 Å². The van der Waals surface area contributed by atoms with Gasteiger partial charge >= 0.3 is 0 Å². The summed E-state index contributed by atoms with van der Waals surface area (Å²) >= 11 is 0. The summed E-state index contributed by atoms with van der Waals surface area (Å²) < 4.78 is 29.3. The Hall–Kier alpha value is -1.60. The smallest absolute Gasteiger partial charge is 0.175 e. The standard InChI is InChI=1S/C22H30N2O3S.ClH/c1-23-19-8-10-20(11-9-19)24-15-18-13-17(7-12-22(18)27-2)16-5-4-6-21(14-16)28(3,25)26;/h4-7,12-14,19-20,23-24H,8-11,15H2,1-3H3;1H. The van der Waals surface area contributed by atoms with E-state index in [9.17, 15) is 8.42 Å². The molecule has 0 heterocycles. The van der Waals surface area contributed by atoms with E-state index in [1.165, 1.54) is 31.9 Å². The minimum atomic E-state index is -3.23. The molecule has 2 aromatic rings. The SMILES string of the molecule is CNC1CCC(NCc2cc(-c3cccc(S(C)(=O)=O)c3)ccc2OC)CC1.Cl. The number of hydrogen-bond donors (Lipinski definition) is 2. The number of methoxy groups -OCH3 is 1. The van der Waals surface area contributed by atoms with Crippen LogP contribution in [0.4, 0.5) is 0 Å². The van der Waals surface area contributed by atoms with Crippen molar-refractivity contribution in [1.29, 1.82) is 0 Å². The number of halogens is 1. The van der Waals surface area contributed by atoms with E-state index < -0.39 is 9.84 Å². The van der Waals surface area contributed by atoms with Crippen molar-refractivity contribution in [3.8, 4) is 16.9 Å². The topological polar surface area (TPSA) is 67.4 Å². The quantitative estimate of drug-likeness (QED) is 0.688. The van der Waals surface area contributed by atoms with Crippen LogP contribution in [-0.4, -0.2) is 40.9 Å². The monoisotopic (exact) mass is 438 g/mol. The Labute approximate surface area is 180 Å². The van der Waals surface area contributed by atoms with E-state index in [0.717, 1.165) is 29.0 Å². The van der Waals surface area contributed by atoms with E-state index in [1.54, 1.807) is 25.3 Å². The Morgan fingerprint density at radius 1 is 1.00 bits per heavy atom. The maximum absolute atomic E-state index is 11.9. The summed E-state index contributed by atoms with van der Waals surface area (Å²) in [6, 6.07) is 14.3. The van der Waals surface area contributed by atoms with Crippen LogP contribution in [0.3, 0.4) is 0 Å². The number of benzene rings is 2. The van der Waals surface area contributed by atoms with Gasteiger partial charge in [0.05, 0.1) is 12.0 Å². The van der Waals surface area contributed by atoms with Crippen LogP contribution in [0.1, 0.15) is 31.2 Å². The zero-order valence-corrected chi connectivity index (χ0v) is 18.9. The highest BCUT2D eigenvalue weighted by Gasteiger charge is 2.20. The third-order valence-corrected chi connectivity index (χ3v) is 6.70. The maximum Gasteiger partial charge on any atom is 0.175 e. The fraction of sp³-hybridized carbons (Fsp3) is 0.455. The van der Waals surface area contributed by atoms with Crippen LogP contribution in [0.25, 0.3) is 11.1 Å². The van der Waals surface area contributed by atoms with Crippen LogP contribution in [-0.2, 0) is 16.4 Å². The van der Waals surface area contributed by atoms with Gasteiger partial charge in [-0.3, -0.25) is 0 Å². The molecule has 160 valence electrons. The first-order chi connectivity index (χ1) is 13.4. The third kappa shape index (κ3) is 6.19. The lowest BCUT2D eigenvalue weighted by molar-refractivity contribution is 0.315. The second-order valence-corrected chi connectivity index (χ2v) is 9.56. The fourth-order valence-corrected chi connectivity index (χ4v) is 4.51. The van der Waals surface area contributed by atoms with Gasteiger partial charge in [0.25, 0.3) is 0 Å². The van der Waals surface area contributed by atoms with Crippen molar-refractivity contribution in [3.05, 3.63) is 48.0 Å². The molecular weight excluding hydrogens is 408 g/mol. The van der Waals surface area contributed by atoms with Crippen LogP contribution in [0.5, 0.6) is 5.75 Å². The van der Waals surface area contributed by atoms with Crippen LogP contribution in [0, 0.1) is 0 Å². The number of rotatable bonds is 7. The Morgan fingerprint density at radius 3 is 2.28 bits per heavy atom. The molecule has 0 spiro atoms. The highest BCUT2D eigenvalue weighted by molar-refractivity contribution is 7.90. The van der Waals surface area contributed by atoms with Crippen molar-refractivity contribution in [2.24, 2.45) is 0 Å². The predicted molar refractivity (Wildman–Crippen MR) is 121 cm³/mol. The predicted octanol–water partition coefficient (Wildman–Crippen LogP) is 3.81. The Kier molecular flexibility index (Phi) is 8.52. The highest BCUT2D eigenvalue weighted by Crippen LogP contribution is 2.29. The molecule has 0 amide bonds. The molecule has 0 atom stereocenters. The normalized spacial score (nSPS) is 19.4. The molecule has 1 aliphatic rings. The van der Waals surface area contributed by atoms with Crippen molar-refractivity contribution in [1.82, 2.24) is 10.6 Å². The van der Waals surface area contributed by atoms with Crippen LogP contribution in [0.15, 0.2) is 47.4 Å². The zero-order valence-electron chi connectivity index (χ0n) is 17.3. The lowest BCUT2D eigenvalue weighted by Crippen LogP contribution is -2.38. The lowest BCUT2D eigenvalue weighted by atomic mass is 9.91. The minimum Gasteiger partial charge on any atom is -0.496 e. The molecule has 0 unspecified atom stereocenters. The average molecular weight is 439 g/mol. The first-order valence-electron chi connectivity index (χ1n) is 9.78. The Bertz CT molecular complexity index is 910. The molecular formula is C22H31ClN2O3S. The van der Waals surface area contributed by atoms with Gasteiger partial charge in [0.2, 0.25) is 0 Å². The third-order valence-electron chi connectivity index (χ3n) is 5.59. The maximum atomic E-state index is 11.9. The molecule has 0 bridgehead atoms. The summed E-state index contributed by atoms with van der Waals surface area (Å²) in [5, 5.41) is 7.03. The molecule has 3 rings (SSSR count).